The molecule has 0 aliphatic rings. The van der Waals surface area contributed by atoms with Gasteiger partial charge in [-0.2, -0.15) is 0 Å². The smallest absolute Gasteiger partial charge is 0.307 e. The van der Waals surface area contributed by atoms with Crippen LogP contribution in [0.15, 0.2) is 12.2 Å². The summed E-state index contributed by atoms with van der Waals surface area (Å²) in [7, 11) is 0. The first-order valence-electron chi connectivity index (χ1n) is 12.2. The van der Waals surface area contributed by atoms with Crippen molar-refractivity contribution in [3.05, 3.63) is 12.2 Å². The second kappa shape index (κ2) is 21.4. The molecule has 0 spiro atoms. The van der Waals surface area contributed by atoms with Gasteiger partial charge >= 0.3 is 11.9 Å². The van der Waals surface area contributed by atoms with Crippen LogP contribution in [0, 0.1) is 0 Å². The molecular formula is C25H46O4. The Morgan fingerprint density at radius 3 is 1.97 bits per heavy atom. The minimum absolute atomic E-state index is 0.0769. The Labute approximate surface area is 179 Å². The van der Waals surface area contributed by atoms with Gasteiger partial charge in [0.25, 0.3) is 0 Å². The molecule has 0 aliphatic carbocycles. The molecule has 0 radical (unpaired) electrons. The van der Waals surface area contributed by atoms with Crippen molar-refractivity contribution in [3.63, 3.8) is 0 Å². The van der Waals surface area contributed by atoms with Crippen LogP contribution in [0.25, 0.3) is 0 Å². The maximum absolute atomic E-state index is 12.0. The van der Waals surface area contributed by atoms with E-state index in [1.165, 1.54) is 57.8 Å². The molecule has 0 amide bonds. The Balaban J connectivity index is 3.76. The number of rotatable bonds is 21. The SMILES string of the molecule is CCCC/C=C\CCCCCCCC(=O)OC(CCCCCCCC)CC(=O)O. The van der Waals surface area contributed by atoms with E-state index in [0.717, 1.165) is 38.5 Å². The van der Waals surface area contributed by atoms with Crippen LogP contribution in [0.5, 0.6) is 0 Å². The van der Waals surface area contributed by atoms with Crippen molar-refractivity contribution >= 4 is 11.9 Å². The summed E-state index contributed by atoms with van der Waals surface area (Å²) in [4.78, 5) is 23.1. The van der Waals surface area contributed by atoms with Crippen LogP contribution in [0.1, 0.15) is 129 Å². The van der Waals surface area contributed by atoms with Gasteiger partial charge < -0.3 is 9.84 Å². The number of carboxylic acids is 1. The number of hydrogen-bond donors (Lipinski definition) is 1. The van der Waals surface area contributed by atoms with E-state index in [9.17, 15) is 9.59 Å². The van der Waals surface area contributed by atoms with Gasteiger partial charge in [0, 0.05) is 6.42 Å². The molecule has 1 N–H and O–H groups in total. The Kier molecular flexibility index (Phi) is 20.4. The standard InChI is InChI=1S/C25H46O4/c1-3-5-7-9-11-12-13-14-15-17-19-21-25(28)29-23(22-24(26)27)20-18-16-10-8-6-4-2/h9,11,23H,3-8,10,12-22H2,1-2H3,(H,26,27)/b11-9-. The largest absolute Gasteiger partial charge is 0.481 e. The lowest BCUT2D eigenvalue weighted by molar-refractivity contribution is -0.153. The van der Waals surface area contributed by atoms with Crippen molar-refractivity contribution in [1.29, 1.82) is 0 Å². The molecular weight excluding hydrogens is 364 g/mol. The number of carbonyl (C=O) groups excluding carboxylic acids is 1. The second-order valence-electron chi connectivity index (χ2n) is 8.19. The number of hydrogen-bond acceptors (Lipinski definition) is 3. The fraction of sp³-hybridized carbons (Fsp3) is 0.840. The summed E-state index contributed by atoms with van der Waals surface area (Å²) in [6.45, 7) is 4.40. The molecule has 0 bridgehead atoms. The fourth-order valence-corrected chi connectivity index (χ4v) is 3.41. The average Bonchev–Trinajstić information content (AvgIpc) is 2.68. The van der Waals surface area contributed by atoms with E-state index in [1.807, 2.05) is 0 Å². The Hall–Kier alpha value is -1.32. The van der Waals surface area contributed by atoms with Gasteiger partial charge in [-0.15, -0.1) is 0 Å². The molecule has 1 unspecified atom stereocenters. The maximum atomic E-state index is 12.0. The van der Waals surface area contributed by atoms with Gasteiger partial charge in [-0.3, -0.25) is 9.59 Å². The number of ether oxygens (including phenoxy) is 1. The highest BCUT2D eigenvalue weighted by Crippen LogP contribution is 2.15. The van der Waals surface area contributed by atoms with Gasteiger partial charge in [0.15, 0.2) is 0 Å². The molecule has 1 atom stereocenters. The summed E-state index contributed by atoms with van der Waals surface area (Å²) < 4.78 is 5.45. The maximum Gasteiger partial charge on any atom is 0.307 e. The van der Waals surface area contributed by atoms with Crippen LogP contribution in [0.3, 0.4) is 0 Å². The minimum Gasteiger partial charge on any atom is -0.481 e. The van der Waals surface area contributed by atoms with Crippen LogP contribution in [0.4, 0.5) is 0 Å². The lowest BCUT2D eigenvalue weighted by Gasteiger charge is -2.16. The third kappa shape index (κ3) is 21.2. The van der Waals surface area contributed by atoms with Crippen LogP contribution >= 0.6 is 0 Å². The van der Waals surface area contributed by atoms with Crippen molar-refractivity contribution in [3.8, 4) is 0 Å². The van der Waals surface area contributed by atoms with E-state index in [4.69, 9.17) is 9.84 Å². The van der Waals surface area contributed by atoms with Gasteiger partial charge in [-0.05, 0) is 38.5 Å². The Morgan fingerprint density at radius 1 is 0.759 bits per heavy atom. The zero-order valence-corrected chi connectivity index (χ0v) is 19.1. The molecule has 0 aromatic heterocycles. The molecule has 0 saturated heterocycles. The number of esters is 1. The molecule has 4 nitrogen and oxygen atoms in total. The summed E-state index contributed by atoms with van der Waals surface area (Å²) in [5, 5.41) is 9.05. The summed E-state index contributed by atoms with van der Waals surface area (Å²) in [6, 6.07) is 0. The van der Waals surface area contributed by atoms with E-state index in [2.05, 4.69) is 26.0 Å². The van der Waals surface area contributed by atoms with Crippen molar-refractivity contribution in [2.24, 2.45) is 0 Å². The Bertz CT molecular complexity index is 417. The third-order valence-electron chi connectivity index (χ3n) is 5.22. The Morgan fingerprint density at radius 2 is 1.31 bits per heavy atom. The van der Waals surface area contributed by atoms with E-state index in [-0.39, 0.29) is 12.4 Å². The zero-order valence-electron chi connectivity index (χ0n) is 19.1. The molecule has 0 rings (SSSR count). The van der Waals surface area contributed by atoms with Crippen LogP contribution < -0.4 is 0 Å². The number of carbonyl (C=O) groups is 2. The number of carboxylic acid groups (broad SMARTS) is 1. The first-order valence-corrected chi connectivity index (χ1v) is 12.2. The van der Waals surface area contributed by atoms with Crippen molar-refractivity contribution in [1.82, 2.24) is 0 Å². The van der Waals surface area contributed by atoms with Crippen LogP contribution in [0.2, 0.25) is 0 Å². The predicted molar refractivity (Wildman–Crippen MR) is 121 cm³/mol. The molecule has 0 heterocycles. The van der Waals surface area contributed by atoms with Crippen molar-refractivity contribution < 1.29 is 19.4 Å². The summed E-state index contributed by atoms with van der Waals surface area (Å²) in [6.07, 6.45) is 22.3. The van der Waals surface area contributed by atoms with Gasteiger partial charge in [0.1, 0.15) is 6.10 Å². The van der Waals surface area contributed by atoms with Crippen molar-refractivity contribution in [2.45, 2.75) is 136 Å². The first-order chi connectivity index (χ1) is 14.1. The molecule has 0 aromatic carbocycles. The van der Waals surface area contributed by atoms with Crippen LogP contribution in [-0.2, 0) is 14.3 Å². The second-order valence-corrected chi connectivity index (χ2v) is 8.19. The van der Waals surface area contributed by atoms with E-state index in [1.54, 1.807) is 0 Å². The number of unbranched alkanes of at least 4 members (excludes halogenated alkanes) is 12. The normalized spacial score (nSPS) is 12.3. The molecule has 0 aromatic rings. The zero-order chi connectivity index (χ0) is 21.6. The monoisotopic (exact) mass is 410 g/mol. The van der Waals surface area contributed by atoms with Gasteiger partial charge in [-0.25, -0.2) is 0 Å². The topological polar surface area (TPSA) is 63.6 Å². The van der Waals surface area contributed by atoms with E-state index in [0.29, 0.717) is 12.8 Å². The molecule has 29 heavy (non-hydrogen) atoms. The van der Waals surface area contributed by atoms with Crippen molar-refractivity contribution in [2.75, 3.05) is 0 Å². The van der Waals surface area contributed by atoms with E-state index >= 15 is 0 Å². The molecule has 170 valence electrons. The lowest BCUT2D eigenvalue weighted by atomic mass is 10.1. The average molecular weight is 411 g/mol. The van der Waals surface area contributed by atoms with Gasteiger partial charge in [0.2, 0.25) is 0 Å². The highest BCUT2D eigenvalue weighted by Gasteiger charge is 2.17. The van der Waals surface area contributed by atoms with E-state index < -0.39 is 12.1 Å². The number of aliphatic carboxylic acids is 1. The lowest BCUT2D eigenvalue weighted by Crippen LogP contribution is -2.21. The summed E-state index contributed by atoms with van der Waals surface area (Å²) in [5.74, 6) is -1.13. The quantitative estimate of drug-likeness (QED) is 0.120. The summed E-state index contributed by atoms with van der Waals surface area (Å²) in [5.41, 5.74) is 0. The minimum atomic E-state index is -0.891. The summed E-state index contributed by atoms with van der Waals surface area (Å²) >= 11 is 0. The van der Waals surface area contributed by atoms with Crippen LogP contribution in [-0.4, -0.2) is 23.1 Å². The van der Waals surface area contributed by atoms with Gasteiger partial charge in [-0.1, -0.05) is 90.2 Å². The first kappa shape index (κ1) is 27.7. The van der Waals surface area contributed by atoms with Gasteiger partial charge in [0.05, 0.1) is 6.42 Å². The molecule has 0 fully saturated rings. The number of allylic oxidation sites excluding steroid dienone is 2. The molecule has 4 heteroatoms. The fourth-order valence-electron chi connectivity index (χ4n) is 3.41. The highest BCUT2D eigenvalue weighted by atomic mass is 16.5. The predicted octanol–water partition coefficient (Wildman–Crippen LogP) is 7.60. The molecule has 0 aliphatic heterocycles. The third-order valence-corrected chi connectivity index (χ3v) is 5.22. The highest BCUT2D eigenvalue weighted by molar-refractivity contribution is 5.71. The molecule has 0 saturated carbocycles.